The normalized spacial score (nSPS) is 14.0. The van der Waals surface area contributed by atoms with Gasteiger partial charge in [0, 0.05) is 5.54 Å². The Morgan fingerprint density at radius 2 is 1.56 bits per heavy atom. The molecule has 9 heavy (non-hydrogen) atoms. The molecular formula is C6H16FNSi. The molecule has 0 radical (unpaired) electrons. The second-order valence-electron chi connectivity index (χ2n) is 3.85. The lowest BCUT2D eigenvalue weighted by Crippen LogP contribution is -2.51. The summed E-state index contributed by atoms with van der Waals surface area (Å²) in [6.07, 6.45) is 0. The molecule has 0 bridgehead atoms. The van der Waals surface area contributed by atoms with Crippen LogP contribution >= 0.6 is 0 Å². The summed E-state index contributed by atoms with van der Waals surface area (Å²) < 4.78 is 12.9. The van der Waals surface area contributed by atoms with Crippen LogP contribution in [0.2, 0.25) is 13.1 Å². The first-order valence-electron chi connectivity index (χ1n) is 3.19. The van der Waals surface area contributed by atoms with E-state index in [1.54, 1.807) is 13.1 Å². The van der Waals surface area contributed by atoms with Crippen molar-refractivity contribution in [2.45, 2.75) is 39.4 Å². The van der Waals surface area contributed by atoms with Gasteiger partial charge in [0.25, 0.3) is 0 Å². The molecule has 0 spiro atoms. The summed E-state index contributed by atoms with van der Waals surface area (Å²) in [6.45, 7) is 9.22. The van der Waals surface area contributed by atoms with Crippen LogP contribution in [0.3, 0.4) is 0 Å². The third-order valence-corrected chi connectivity index (χ3v) is 2.02. The predicted octanol–water partition coefficient (Wildman–Crippen LogP) is 2.05. The summed E-state index contributed by atoms with van der Waals surface area (Å²) in [4.78, 5) is 2.93. The quantitative estimate of drug-likeness (QED) is 0.444. The summed E-state index contributed by atoms with van der Waals surface area (Å²) in [5.74, 6) is 0. The molecule has 0 atom stereocenters. The molecule has 0 saturated heterocycles. The van der Waals surface area contributed by atoms with Gasteiger partial charge in [-0.05, 0) is 33.9 Å². The number of nitrogens with one attached hydrogen (secondary N) is 1. The first-order chi connectivity index (χ1) is 3.71. The maximum absolute atomic E-state index is 12.9. The van der Waals surface area contributed by atoms with Crippen molar-refractivity contribution < 1.29 is 4.11 Å². The van der Waals surface area contributed by atoms with Crippen LogP contribution in [-0.4, -0.2) is 14.1 Å². The second-order valence-corrected chi connectivity index (χ2v) is 7.04. The lowest BCUT2D eigenvalue weighted by Gasteiger charge is -2.26. The van der Waals surface area contributed by atoms with Gasteiger partial charge in [0.1, 0.15) is 0 Å². The molecule has 1 N–H and O–H groups in total. The van der Waals surface area contributed by atoms with Gasteiger partial charge in [-0.3, -0.25) is 4.11 Å². The van der Waals surface area contributed by atoms with Gasteiger partial charge in [0.2, 0.25) is 0 Å². The summed E-state index contributed by atoms with van der Waals surface area (Å²) >= 11 is 0. The minimum atomic E-state index is -2.54. The first kappa shape index (κ1) is 9.11. The van der Waals surface area contributed by atoms with Crippen molar-refractivity contribution in [1.82, 2.24) is 4.98 Å². The molecule has 0 aliphatic rings. The van der Waals surface area contributed by atoms with Gasteiger partial charge in [-0.2, -0.15) is 0 Å². The van der Waals surface area contributed by atoms with Crippen LogP contribution in [-0.2, 0) is 0 Å². The molecule has 0 aromatic rings. The topological polar surface area (TPSA) is 12.0 Å². The molecule has 0 aromatic carbocycles. The zero-order valence-electron chi connectivity index (χ0n) is 6.88. The van der Waals surface area contributed by atoms with Gasteiger partial charge in [0.05, 0.1) is 0 Å². The average Bonchev–Trinajstić information content (AvgIpc) is 1.14. The zero-order valence-corrected chi connectivity index (χ0v) is 7.88. The molecular weight excluding hydrogens is 133 g/mol. The predicted molar refractivity (Wildman–Crippen MR) is 41.5 cm³/mol. The van der Waals surface area contributed by atoms with E-state index < -0.39 is 8.57 Å². The Bertz CT molecular complexity index is 78.2. The van der Waals surface area contributed by atoms with E-state index in [-0.39, 0.29) is 5.54 Å². The second kappa shape index (κ2) is 2.38. The molecule has 0 saturated carbocycles. The van der Waals surface area contributed by atoms with Crippen molar-refractivity contribution >= 4 is 8.57 Å². The highest BCUT2D eigenvalue weighted by molar-refractivity contribution is 6.68. The highest BCUT2D eigenvalue weighted by Gasteiger charge is 2.26. The van der Waals surface area contributed by atoms with E-state index in [1.807, 2.05) is 20.8 Å². The summed E-state index contributed by atoms with van der Waals surface area (Å²) in [5, 5.41) is 0. The van der Waals surface area contributed by atoms with E-state index in [1.165, 1.54) is 0 Å². The van der Waals surface area contributed by atoms with Crippen LogP contribution in [0.1, 0.15) is 20.8 Å². The molecule has 0 unspecified atom stereocenters. The van der Waals surface area contributed by atoms with E-state index in [9.17, 15) is 4.11 Å². The fourth-order valence-electron chi connectivity index (χ4n) is 0.892. The Morgan fingerprint density at radius 3 is 1.56 bits per heavy atom. The van der Waals surface area contributed by atoms with Gasteiger partial charge in [0.15, 0.2) is 0 Å². The van der Waals surface area contributed by atoms with E-state index >= 15 is 0 Å². The smallest absolute Gasteiger partial charge is 0.308 e. The molecule has 0 aliphatic carbocycles. The van der Waals surface area contributed by atoms with Gasteiger partial charge in [-0.25, -0.2) is 0 Å². The summed E-state index contributed by atoms with van der Waals surface area (Å²) in [5.41, 5.74) is -0.0789. The van der Waals surface area contributed by atoms with Crippen LogP contribution in [0, 0.1) is 0 Å². The van der Waals surface area contributed by atoms with Gasteiger partial charge >= 0.3 is 8.57 Å². The van der Waals surface area contributed by atoms with E-state index in [0.717, 1.165) is 0 Å². The summed E-state index contributed by atoms with van der Waals surface area (Å²) in [6, 6.07) is 0. The third kappa shape index (κ3) is 8.11. The number of halogens is 1. The maximum Gasteiger partial charge on any atom is 0.313 e. The third-order valence-electron chi connectivity index (χ3n) is 0.672. The minimum absolute atomic E-state index is 0.0789. The maximum atomic E-state index is 12.9. The van der Waals surface area contributed by atoms with Crippen LogP contribution in [0.15, 0.2) is 0 Å². The molecule has 0 rings (SSSR count). The lowest BCUT2D eigenvalue weighted by atomic mass is 10.1. The SMILES string of the molecule is CC(C)(C)N[Si](C)(C)F. The molecule has 0 fully saturated rings. The van der Waals surface area contributed by atoms with Crippen LogP contribution in [0.5, 0.6) is 0 Å². The van der Waals surface area contributed by atoms with Crippen molar-refractivity contribution in [3.8, 4) is 0 Å². The Hall–Kier alpha value is 0.107. The van der Waals surface area contributed by atoms with Gasteiger partial charge in [-0.1, -0.05) is 0 Å². The van der Waals surface area contributed by atoms with Crippen molar-refractivity contribution in [2.75, 3.05) is 0 Å². The molecule has 0 aliphatic heterocycles. The number of hydrogen-bond acceptors (Lipinski definition) is 1. The first-order valence-corrected chi connectivity index (χ1v) is 6.07. The fraction of sp³-hybridized carbons (Fsp3) is 1.00. The molecule has 56 valence electrons. The van der Waals surface area contributed by atoms with Crippen LogP contribution in [0.4, 0.5) is 4.11 Å². The van der Waals surface area contributed by atoms with Crippen molar-refractivity contribution in [3.63, 3.8) is 0 Å². The van der Waals surface area contributed by atoms with Gasteiger partial charge < -0.3 is 4.98 Å². The van der Waals surface area contributed by atoms with Crippen LogP contribution < -0.4 is 4.98 Å². The highest BCUT2D eigenvalue weighted by Crippen LogP contribution is 2.07. The lowest BCUT2D eigenvalue weighted by molar-refractivity contribution is 0.489. The Labute approximate surface area is 57.9 Å². The monoisotopic (exact) mass is 149 g/mol. The van der Waals surface area contributed by atoms with Crippen molar-refractivity contribution in [1.29, 1.82) is 0 Å². The summed E-state index contributed by atoms with van der Waals surface area (Å²) in [7, 11) is -2.54. The Kier molecular flexibility index (Phi) is 2.41. The Morgan fingerprint density at radius 1 is 1.22 bits per heavy atom. The largest absolute Gasteiger partial charge is 0.313 e. The average molecular weight is 149 g/mol. The molecule has 0 amide bonds. The fourth-order valence-corrected chi connectivity index (χ4v) is 2.68. The van der Waals surface area contributed by atoms with Gasteiger partial charge in [-0.15, -0.1) is 0 Å². The van der Waals surface area contributed by atoms with E-state index in [0.29, 0.717) is 0 Å². The molecule has 0 aromatic heterocycles. The zero-order chi connectivity index (χ0) is 7.71. The standard InChI is InChI=1S/C6H16FNSi/c1-6(2,3)8-9(4,5)7/h8H,1-5H3. The number of hydrogen-bond donors (Lipinski definition) is 1. The Balaban J connectivity index is 3.75. The van der Waals surface area contributed by atoms with Crippen molar-refractivity contribution in [2.24, 2.45) is 0 Å². The van der Waals surface area contributed by atoms with E-state index in [4.69, 9.17) is 0 Å². The molecule has 3 heteroatoms. The van der Waals surface area contributed by atoms with Crippen LogP contribution in [0.25, 0.3) is 0 Å². The van der Waals surface area contributed by atoms with E-state index in [2.05, 4.69) is 4.98 Å². The van der Waals surface area contributed by atoms with Crippen molar-refractivity contribution in [3.05, 3.63) is 0 Å². The molecule has 1 nitrogen and oxygen atoms in total. The minimum Gasteiger partial charge on any atom is -0.308 e. The molecule has 0 heterocycles. The highest BCUT2D eigenvalue weighted by atomic mass is 28.4. The number of rotatable bonds is 1.